The molecule has 2 aromatic rings. The lowest BCUT2D eigenvalue weighted by atomic mass is 10.1. The van der Waals surface area contributed by atoms with Crippen LogP contribution in [0.15, 0.2) is 30.3 Å². The fourth-order valence-electron chi connectivity index (χ4n) is 6.04. The number of methoxy groups -OCH3 is 1. The summed E-state index contributed by atoms with van der Waals surface area (Å²) < 4.78 is 10.9. The van der Waals surface area contributed by atoms with E-state index >= 15 is 0 Å². The van der Waals surface area contributed by atoms with Gasteiger partial charge in [-0.2, -0.15) is 0 Å². The number of benzene rings is 1. The van der Waals surface area contributed by atoms with Crippen molar-refractivity contribution in [3.8, 4) is 0 Å². The average Bonchev–Trinajstić information content (AvgIpc) is 3.51. The summed E-state index contributed by atoms with van der Waals surface area (Å²) >= 11 is 0. The van der Waals surface area contributed by atoms with Crippen LogP contribution in [0, 0.1) is 6.92 Å². The number of para-hydroxylation sites is 1. The first-order valence-electron chi connectivity index (χ1n) is 14.6. The molecule has 2 amide bonds. The van der Waals surface area contributed by atoms with Gasteiger partial charge in [-0.3, -0.25) is 14.5 Å². The van der Waals surface area contributed by atoms with Crippen LogP contribution in [0.3, 0.4) is 0 Å². The molecule has 5 rings (SSSR count). The molecule has 10 nitrogen and oxygen atoms in total. The summed E-state index contributed by atoms with van der Waals surface area (Å²) in [6, 6.07) is 10.1. The second-order valence-corrected chi connectivity index (χ2v) is 11.0. The van der Waals surface area contributed by atoms with Crippen molar-refractivity contribution in [2.75, 3.05) is 76.0 Å². The highest BCUT2D eigenvalue weighted by atomic mass is 16.5. The monoisotopic (exact) mass is 550 g/mol. The number of carbonyl (C=O) groups is 2. The number of hydrogen-bond donors (Lipinski definition) is 0. The van der Waals surface area contributed by atoms with E-state index in [2.05, 4.69) is 14.8 Å². The normalized spacial score (nSPS) is 19.8. The zero-order valence-electron chi connectivity index (χ0n) is 23.9. The molecule has 0 aliphatic carbocycles. The van der Waals surface area contributed by atoms with E-state index in [0.717, 1.165) is 88.4 Å². The quantitative estimate of drug-likeness (QED) is 0.562. The maximum absolute atomic E-state index is 14.2. The van der Waals surface area contributed by atoms with Crippen molar-refractivity contribution < 1.29 is 19.1 Å². The van der Waals surface area contributed by atoms with E-state index in [4.69, 9.17) is 14.5 Å². The molecule has 2 saturated heterocycles. The highest BCUT2D eigenvalue weighted by Crippen LogP contribution is 2.26. The van der Waals surface area contributed by atoms with Gasteiger partial charge in [-0.25, -0.2) is 9.97 Å². The van der Waals surface area contributed by atoms with Crippen LogP contribution in [0.4, 0.5) is 11.6 Å². The van der Waals surface area contributed by atoms with E-state index in [1.165, 1.54) is 0 Å². The molecule has 0 unspecified atom stereocenters. The van der Waals surface area contributed by atoms with Crippen LogP contribution in [0.25, 0.3) is 0 Å². The van der Waals surface area contributed by atoms with Gasteiger partial charge in [0.1, 0.15) is 12.3 Å². The predicted octanol–water partition coefficient (Wildman–Crippen LogP) is 2.89. The Balaban J connectivity index is 1.48. The number of aromatic nitrogens is 2. The molecule has 1 aromatic carbocycles. The highest BCUT2D eigenvalue weighted by Gasteiger charge is 2.28. The molecule has 2 fully saturated rings. The lowest BCUT2D eigenvalue weighted by Gasteiger charge is -2.35. The summed E-state index contributed by atoms with van der Waals surface area (Å²) in [4.78, 5) is 45.1. The molecule has 0 atom stereocenters. The summed E-state index contributed by atoms with van der Waals surface area (Å²) in [5, 5.41) is 0. The third-order valence-electron chi connectivity index (χ3n) is 8.14. The molecular formula is C30H42N6O4. The molecule has 1 aromatic heterocycles. The lowest BCUT2D eigenvalue weighted by Crippen LogP contribution is -2.45. The van der Waals surface area contributed by atoms with Crippen LogP contribution in [-0.4, -0.2) is 104 Å². The number of anilines is 2. The molecule has 4 heterocycles. The average molecular weight is 551 g/mol. The second-order valence-electron chi connectivity index (χ2n) is 11.0. The fourth-order valence-corrected chi connectivity index (χ4v) is 6.04. The van der Waals surface area contributed by atoms with Crippen molar-refractivity contribution in [3.63, 3.8) is 0 Å². The zero-order chi connectivity index (χ0) is 27.9. The van der Waals surface area contributed by atoms with Crippen molar-refractivity contribution in [2.24, 2.45) is 0 Å². The summed E-state index contributed by atoms with van der Waals surface area (Å²) in [6.07, 6.45) is 5.02. The molecule has 3 aliphatic heterocycles. The lowest BCUT2D eigenvalue weighted by molar-refractivity contribution is -0.122. The number of ether oxygens (including phenoxy) is 2. The van der Waals surface area contributed by atoms with Crippen LogP contribution in [0.5, 0.6) is 0 Å². The number of fused-ring (bicyclic) bond motifs is 1. The van der Waals surface area contributed by atoms with E-state index in [0.29, 0.717) is 37.3 Å². The fraction of sp³-hybridized carbons (Fsp3) is 0.600. The molecule has 0 bridgehead atoms. The van der Waals surface area contributed by atoms with E-state index < -0.39 is 0 Å². The maximum atomic E-state index is 14.2. The van der Waals surface area contributed by atoms with E-state index in [1.807, 2.05) is 41.0 Å². The van der Waals surface area contributed by atoms with E-state index in [-0.39, 0.29) is 18.4 Å². The maximum Gasteiger partial charge on any atom is 0.273 e. The predicted molar refractivity (Wildman–Crippen MR) is 154 cm³/mol. The molecule has 0 N–H and O–H groups in total. The van der Waals surface area contributed by atoms with Crippen molar-refractivity contribution >= 4 is 23.5 Å². The van der Waals surface area contributed by atoms with Crippen LogP contribution >= 0.6 is 0 Å². The molecule has 10 heteroatoms. The summed E-state index contributed by atoms with van der Waals surface area (Å²) in [6.45, 7) is 8.43. The Hall–Kier alpha value is -3.08. The van der Waals surface area contributed by atoms with Crippen molar-refractivity contribution in [2.45, 2.75) is 51.6 Å². The molecule has 0 radical (unpaired) electrons. The SMILES string of the molecule is COCC(=O)N1CCCN(C2CCOCC2)CCN(C(=O)c2cc(C)nc(N3CCCC3)n2)Cc2ccccc21. The van der Waals surface area contributed by atoms with Gasteiger partial charge in [0.25, 0.3) is 11.8 Å². The minimum absolute atomic E-state index is 0.0140. The highest BCUT2D eigenvalue weighted by molar-refractivity contribution is 5.95. The molecule has 216 valence electrons. The van der Waals surface area contributed by atoms with Crippen molar-refractivity contribution in [3.05, 3.63) is 47.3 Å². The van der Waals surface area contributed by atoms with Gasteiger partial charge in [-0.05, 0) is 56.7 Å². The van der Waals surface area contributed by atoms with Gasteiger partial charge in [0.2, 0.25) is 5.95 Å². The number of nitrogens with zero attached hydrogens (tertiary/aromatic N) is 6. The van der Waals surface area contributed by atoms with Gasteiger partial charge in [-0.15, -0.1) is 0 Å². The van der Waals surface area contributed by atoms with Gasteiger partial charge in [-0.1, -0.05) is 18.2 Å². The first kappa shape index (κ1) is 28.4. The first-order valence-corrected chi connectivity index (χ1v) is 14.6. The van der Waals surface area contributed by atoms with Gasteiger partial charge < -0.3 is 24.2 Å². The molecule has 0 spiro atoms. The Bertz CT molecular complexity index is 1160. The van der Waals surface area contributed by atoms with E-state index in [9.17, 15) is 9.59 Å². The van der Waals surface area contributed by atoms with Gasteiger partial charge in [0, 0.05) is 83.6 Å². The Kier molecular flexibility index (Phi) is 9.62. The van der Waals surface area contributed by atoms with Crippen LogP contribution in [0.1, 0.15) is 53.8 Å². The summed E-state index contributed by atoms with van der Waals surface area (Å²) in [5.74, 6) is 0.451. The van der Waals surface area contributed by atoms with Crippen molar-refractivity contribution in [1.82, 2.24) is 19.8 Å². The Morgan fingerprint density at radius 2 is 1.75 bits per heavy atom. The number of carbonyl (C=O) groups excluding carboxylic acids is 2. The molecule has 40 heavy (non-hydrogen) atoms. The number of aryl methyl sites for hydroxylation is 1. The zero-order valence-corrected chi connectivity index (χ0v) is 23.9. The third-order valence-corrected chi connectivity index (χ3v) is 8.14. The Morgan fingerprint density at radius 1 is 0.975 bits per heavy atom. The third kappa shape index (κ3) is 6.79. The standard InChI is InChI=1S/C30H42N6O4/c1-23-20-26(32-30(31-23)34-12-5-6-13-34)29(38)35-17-16-33(25-10-18-40-19-11-25)14-7-15-36(28(37)22-39-2)27-9-4-3-8-24(27)21-35/h3-4,8-9,20,25H,5-7,10-19,21-22H2,1-2H3. The molecule has 3 aliphatic rings. The number of rotatable bonds is 5. The largest absolute Gasteiger partial charge is 0.381 e. The molecule has 0 saturated carbocycles. The van der Waals surface area contributed by atoms with Gasteiger partial charge in [0.05, 0.1) is 0 Å². The Labute approximate surface area is 237 Å². The summed E-state index contributed by atoms with van der Waals surface area (Å²) in [5.41, 5.74) is 2.98. The number of amides is 2. The topological polar surface area (TPSA) is 91.3 Å². The first-order chi connectivity index (χ1) is 19.5. The van der Waals surface area contributed by atoms with Crippen LogP contribution in [0.2, 0.25) is 0 Å². The van der Waals surface area contributed by atoms with Crippen LogP contribution < -0.4 is 9.80 Å². The minimum atomic E-state index is -0.110. The van der Waals surface area contributed by atoms with Crippen LogP contribution in [-0.2, 0) is 20.8 Å². The smallest absolute Gasteiger partial charge is 0.273 e. The Morgan fingerprint density at radius 3 is 2.52 bits per heavy atom. The van der Waals surface area contributed by atoms with Gasteiger partial charge in [0.15, 0.2) is 0 Å². The van der Waals surface area contributed by atoms with E-state index in [1.54, 1.807) is 13.2 Å². The second kappa shape index (κ2) is 13.5. The van der Waals surface area contributed by atoms with Crippen molar-refractivity contribution in [1.29, 1.82) is 0 Å². The number of hydrogen-bond acceptors (Lipinski definition) is 8. The van der Waals surface area contributed by atoms with Gasteiger partial charge >= 0.3 is 0 Å². The summed E-state index contributed by atoms with van der Waals surface area (Å²) in [7, 11) is 1.55. The molecular weight excluding hydrogens is 508 g/mol. The minimum Gasteiger partial charge on any atom is -0.381 e.